The van der Waals surface area contributed by atoms with Crippen LogP contribution in [0.5, 0.6) is 0 Å². The standard InChI is InChI=1S/C11H11N3O2/c1-7-4-3-5-12-10(7)14-9(11(15)16)6-8(2)13-14/h3-6H,1-2H3,(H,15,16). The molecule has 2 aromatic heterocycles. The molecular weight excluding hydrogens is 206 g/mol. The van der Waals surface area contributed by atoms with E-state index >= 15 is 0 Å². The Kier molecular flexibility index (Phi) is 2.44. The van der Waals surface area contributed by atoms with Crippen LogP contribution in [-0.4, -0.2) is 25.8 Å². The summed E-state index contributed by atoms with van der Waals surface area (Å²) in [4.78, 5) is 15.2. The van der Waals surface area contributed by atoms with E-state index in [1.165, 1.54) is 10.7 Å². The van der Waals surface area contributed by atoms with E-state index in [1.807, 2.05) is 13.0 Å². The quantitative estimate of drug-likeness (QED) is 0.829. The Bertz CT molecular complexity index is 546. The Labute approximate surface area is 92.4 Å². The van der Waals surface area contributed by atoms with Crippen LogP contribution in [0.1, 0.15) is 21.7 Å². The highest BCUT2D eigenvalue weighted by Crippen LogP contribution is 2.13. The minimum absolute atomic E-state index is 0.124. The van der Waals surface area contributed by atoms with Gasteiger partial charge < -0.3 is 5.11 Å². The Morgan fingerprint density at radius 3 is 2.81 bits per heavy atom. The molecule has 0 aromatic carbocycles. The predicted octanol–water partition coefficient (Wildman–Crippen LogP) is 1.58. The lowest BCUT2D eigenvalue weighted by Crippen LogP contribution is -2.10. The molecule has 2 rings (SSSR count). The highest BCUT2D eigenvalue weighted by Gasteiger charge is 2.15. The molecule has 16 heavy (non-hydrogen) atoms. The summed E-state index contributed by atoms with van der Waals surface area (Å²) < 4.78 is 1.35. The number of hydrogen-bond acceptors (Lipinski definition) is 3. The molecule has 0 aliphatic carbocycles. The number of aromatic nitrogens is 3. The summed E-state index contributed by atoms with van der Waals surface area (Å²) in [7, 11) is 0. The van der Waals surface area contributed by atoms with Crippen molar-refractivity contribution in [1.29, 1.82) is 0 Å². The first-order chi connectivity index (χ1) is 7.59. The van der Waals surface area contributed by atoms with Crippen LogP contribution < -0.4 is 0 Å². The van der Waals surface area contributed by atoms with Crippen molar-refractivity contribution in [3.63, 3.8) is 0 Å². The van der Waals surface area contributed by atoms with Gasteiger partial charge in [0, 0.05) is 6.20 Å². The molecule has 1 N–H and O–H groups in total. The summed E-state index contributed by atoms with van der Waals surface area (Å²) >= 11 is 0. The first-order valence-corrected chi connectivity index (χ1v) is 4.81. The third-order valence-corrected chi connectivity index (χ3v) is 2.23. The molecule has 0 amide bonds. The summed E-state index contributed by atoms with van der Waals surface area (Å²) in [6, 6.07) is 5.19. The van der Waals surface area contributed by atoms with Crippen molar-refractivity contribution in [3.8, 4) is 5.82 Å². The lowest BCUT2D eigenvalue weighted by molar-refractivity contribution is 0.0687. The van der Waals surface area contributed by atoms with Crippen molar-refractivity contribution < 1.29 is 9.90 Å². The molecule has 0 radical (unpaired) electrons. The van der Waals surface area contributed by atoms with Crippen LogP contribution in [0.3, 0.4) is 0 Å². The molecule has 0 bridgehead atoms. The molecule has 0 unspecified atom stereocenters. The van der Waals surface area contributed by atoms with Gasteiger partial charge in [0.2, 0.25) is 0 Å². The third-order valence-electron chi connectivity index (χ3n) is 2.23. The highest BCUT2D eigenvalue weighted by atomic mass is 16.4. The maximum Gasteiger partial charge on any atom is 0.354 e. The van der Waals surface area contributed by atoms with Gasteiger partial charge in [0.05, 0.1) is 5.69 Å². The number of aromatic carboxylic acids is 1. The molecular formula is C11H11N3O2. The molecule has 0 saturated heterocycles. The second-order valence-electron chi connectivity index (χ2n) is 3.53. The Hall–Kier alpha value is -2.17. The van der Waals surface area contributed by atoms with Gasteiger partial charge in [-0.2, -0.15) is 5.10 Å². The van der Waals surface area contributed by atoms with Crippen molar-refractivity contribution in [2.45, 2.75) is 13.8 Å². The average molecular weight is 217 g/mol. The molecule has 0 aliphatic rings. The normalized spacial score (nSPS) is 10.4. The van der Waals surface area contributed by atoms with Gasteiger partial charge >= 0.3 is 5.97 Å². The van der Waals surface area contributed by atoms with Gasteiger partial charge in [-0.3, -0.25) is 0 Å². The summed E-state index contributed by atoms with van der Waals surface area (Å²) in [6.07, 6.45) is 1.62. The summed E-state index contributed by atoms with van der Waals surface area (Å²) in [6.45, 7) is 3.62. The van der Waals surface area contributed by atoms with Crippen molar-refractivity contribution in [2.75, 3.05) is 0 Å². The first-order valence-electron chi connectivity index (χ1n) is 4.81. The molecule has 2 aromatic rings. The van der Waals surface area contributed by atoms with Crippen LogP contribution in [0.15, 0.2) is 24.4 Å². The fraction of sp³-hybridized carbons (Fsp3) is 0.182. The van der Waals surface area contributed by atoms with Gasteiger partial charge in [0.25, 0.3) is 0 Å². The SMILES string of the molecule is Cc1cc(C(=O)O)n(-c2ncccc2C)n1. The van der Waals surface area contributed by atoms with E-state index < -0.39 is 5.97 Å². The smallest absolute Gasteiger partial charge is 0.354 e. The third kappa shape index (κ3) is 1.67. The van der Waals surface area contributed by atoms with Gasteiger partial charge in [0.15, 0.2) is 11.5 Å². The Balaban J connectivity index is 2.64. The molecule has 82 valence electrons. The van der Waals surface area contributed by atoms with E-state index in [-0.39, 0.29) is 5.69 Å². The lowest BCUT2D eigenvalue weighted by atomic mass is 10.3. The second kappa shape index (κ2) is 3.77. The molecule has 0 fully saturated rings. The van der Waals surface area contributed by atoms with E-state index in [2.05, 4.69) is 10.1 Å². The molecule has 0 spiro atoms. The first kappa shape index (κ1) is 10.4. The Morgan fingerprint density at radius 2 is 2.19 bits per heavy atom. The lowest BCUT2D eigenvalue weighted by Gasteiger charge is -2.05. The van der Waals surface area contributed by atoms with Crippen molar-refractivity contribution in [1.82, 2.24) is 14.8 Å². The molecule has 0 saturated carbocycles. The molecule has 2 heterocycles. The fourth-order valence-corrected chi connectivity index (χ4v) is 1.51. The number of hydrogen-bond donors (Lipinski definition) is 1. The zero-order chi connectivity index (χ0) is 11.7. The number of nitrogens with zero attached hydrogens (tertiary/aromatic N) is 3. The topological polar surface area (TPSA) is 68.0 Å². The van der Waals surface area contributed by atoms with Crippen molar-refractivity contribution in [2.24, 2.45) is 0 Å². The van der Waals surface area contributed by atoms with Crippen molar-refractivity contribution in [3.05, 3.63) is 41.3 Å². The number of pyridine rings is 1. The van der Waals surface area contributed by atoms with Crippen LogP contribution in [-0.2, 0) is 0 Å². The second-order valence-corrected chi connectivity index (χ2v) is 3.53. The minimum Gasteiger partial charge on any atom is -0.477 e. The van der Waals surface area contributed by atoms with Crippen LogP contribution >= 0.6 is 0 Å². The largest absolute Gasteiger partial charge is 0.477 e. The maximum absolute atomic E-state index is 11.0. The molecule has 5 nitrogen and oxygen atoms in total. The van der Waals surface area contributed by atoms with E-state index in [0.29, 0.717) is 11.5 Å². The highest BCUT2D eigenvalue weighted by molar-refractivity contribution is 5.86. The minimum atomic E-state index is -1.01. The monoisotopic (exact) mass is 217 g/mol. The van der Waals surface area contributed by atoms with Gasteiger partial charge in [-0.1, -0.05) is 6.07 Å². The number of rotatable bonds is 2. The average Bonchev–Trinajstić information content (AvgIpc) is 2.61. The maximum atomic E-state index is 11.0. The van der Waals surface area contributed by atoms with Gasteiger partial charge in [-0.05, 0) is 31.5 Å². The van der Waals surface area contributed by atoms with E-state index in [9.17, 15) is 4.79 Å². The van der Waals surface area contributed by atoms with E-state index in [1.54, 1.807) is 19.2 Å². The van der Waals surface area contributed by atoms with Crippen molar-refractivity contribution >= 4 is 5.97 Å². The van der Waals surface area contributed by atoms with E-state index in [4.69, 9.17) is 5.11 Å². The van der Waals surface area contributed by atoms with Crippen LogP contribution in [0.2, 0.25) is 0 Å². The van der Waals surface area contributed by atoms with Gasteiger partial charge in [-0.25, -0.2) is 14.5 Å². The molecule has 0 aliphatic heterocycles. The van der Waals surface area contributed by atoms with Crippen LogP contribution in [0.4, 0.5) is 0 Å². The predicted molar refractivity (Wildman–Crippen MR) is 57.8 cm³/mol. The number of aryl methyl sites for hydroxylation is 2. The summed E-state index contributed by atoms with van der Waals surface area (Å²) in [5.41, 5.74) is 1.66. The van der Waals surface area contributed by atoms with E-state index in [0.717, 1.165) is 5.56 Å². The zero-order valence-electron chi connectivity index (χ0n) is 9.01. The molecule has 0 atom stereocenters. The van der Waals surface area contributed by atoms with Crippen LogP contribution in [0, 0.1) is 13.8 Å². The Morgan fingerprint density at radius 1 is 1.44 bits per heavy atom. The molecule has 5 heteroatoms. The van der Waals surface area contributed by atoms with Crippen LogP contribution in [0.25, 0.3) is 5.82 Å². The number of carboxylic acid groups (broad SMARTS) is 1. The summed E-state index contributed by atoms with van der Waals surface area (Å²) in [5.74, 6) is -0.460. The van der Waals surface area contributed by atoms with Gasteiger partial charge in [-0.15, -0.1) is 0 Å². The van der Waals surface area contributed by atoms with Gasteiger partial charge in [0.1, 0.15) is 0 Å². The summed E-state index contributed by atoms with van der Waals surface area (Å²) in [5, 5.41) is 13.2. The zero-order valence-corrected chi connectivity index (χ0v) is 9.01. The number of carboxylic acids is 1. The fourth-order valence-electron chi connectivity index (χ4n) is 1.51. The number of carbonyl (C=O) groups is 1.